The van der Waals surface area contributed by atoms with Crippen molar-refractivity contribution in [3.8, 4) is 5.75 Å². The standard InChI is InChI=1S/C17H22FN3O2/c18-17(5-9-21(13-22)10-6-17)12-19-8-11-23-16-3-1-2-15-14(16)4-7-20-15/h1-4,7,13,19-20H,5-6,8-12H2. The number of halogens is 1. The minimum atomic E-state index is -1.22. The molecule has 2 aromatic rings. The number of carbonyl (C=O) groups is 1. The van der Waals surface area contributed by atoms with Gasteiger partial charge in [-0.25, -0.2) is 4.39 Å². The van der Waals surface area contributed by atoms with Crippen LogP contribution >= 0.6 is 0 Å². The predicted molar refractivity (Wildman–Crippen MR) is 87.4 cm³/mol. The van der Waals surface area contributed by atoms with Crippen LogP contribution in [0, 0.1) is 0 Å². The van der Waals surface area contributed by atoms with Gasteiger partial charge >= 0.3 is 0 Å². The van der Waals surface area contributed by atoms with Crippen LogP contribution in [0.4, 0.5) is 4.39 Å². The van der Waals surface area contributed by atoms with Gasteiger partial charge in [0.2, 0.25) is 6.41 Å². The van der Waals surface area contributed by atoms with Crippen molar-refractivity contribution >= 4 is 17.3 Å². The molecule has 1 saturated heterocycles. The molecule has 1 aliphatic rings. The Balaban J connectivity index is 1.40. The van der Waals surface area contributed by atoms with E-state index in [-0.39, 0.29) is 0 Å². The number of likely N-dealkylation sites (tertiary alicyclic amines) is 1. The molecule has 2 heterocycles. The lowest BCUT2D eigenvalue weighted by atomic mass is 9.93. The third-order valence-corrected chi connectivity index (χ3v) is 4.38. The number of rotatable bonds is 7. The third kappa shape index (κ3) is 3.82. The lowest BCUT2D eigenvalue weighted by Crippen LogP contribution is -2.47. The Hall–Kier alpha value is -2.08. The van der Waals surface area contributed by atoms with Gasteiger partial charge in [0, 0.05) is 56.1 Å². The molecule has 23 heavy (non-hydrogen) atoms. The van der Waals surface area contributed by atoms with Crippen molar-refractivity contribution in [3.05, 3.63) is 30.5 Å². The van der Waals surface area contributed by atoms with Gasteiger partial charge in [0.15, 0.2) is 0 Å². The smallest absolute Gasteiger partial charge is 0.209 e. The lowest BCUT2D eigenvalue weighted by Gasteiger charge is -2.34. The Morgan fingerprint density at radius 1 is 1.35 bits per heavy atom. The quantitative estimate of drug-likeness (QED) is 0.607. The van der Waals surface area contributed by atoms with Crippen molar-refractivity contribution in [1.82, 2.24) is 15.2 Å². The molecule has 5 nitrogen and oxygen atoms in total. The average molecular weight is 319 g/mol. The average Bonchev–Trinajstić information content (AvgIpc) is 3.05. The van der Waals surface area contributed by atoms with Crippen LogP contribution in [0.2, 0.25) is 0 Å². The number of ether oxygens (including phenoxy) is 1. The molecule has 1 aliphatic heterocycles. The van der Waals surface area contributed by atoms with E-state index in [0.717, 1.165) is 23.1 Å². The van der Waals surface area contributed by atoms with Gasteiger partial charge in [-0.1, -0.05) is 6.07 Å². The van der Waals surface area contributed by atoms with Crippen molar-refractivity contribution in [1.29, 1.82) is 0 Å². The highest BCUT2D eigenvalue weighted by molar-refractivity contribution is 5.85. The molecule has 1 aromatic heterocycles. The zero-order valence-corrected chi connectivity index (χ0v) is 13.1. The summed E-state index contributed by atoms with van der Waals surface area (Å²) in [5.41, 5.74) is -0.180. The molecular formula is C17H22FN3O2. The van der Waals surface area contributed by atoms with E-state index in [1.54, 1.807) is 4.90 Å². The van der Waals surface area contributed by atoms with Crippen molar-refractivity contribution < 1.29 is 13.9 Å². The number of nitrogens with zero attached hydrogens (tertiary/aromatic N) is 1. The van der Waals surface area contributed by atoms with E-state index in [2.05, 4.69) is 10.3 Å². The fraction of sp³-hybridized carbons (Fsp3) is 0.471. The van der Waals surface area contributed by atoms with Crippen molar-refractivity contribution in [3.63, 3.8) is 0 Å². The zero-order valence-electron chi connectivity index (χ0n) is 13.1. The maximum atomic E-state index is 14.5. The molecule has 0 spiro atoms. The molecule has 0 bridgehead atoms. The molecule has 1 amide bonds. The van der Waals surface area contributed by atoms with E-state index < -0.39 is 5.67 Å². The second-order valence-electron chi connectivity index (χ2n) is 6.01. The maximum Gasteiger partial charge on any atom is 0.209 e. The molecule has 1 aromatic carbocycles. The summed E-state index contributed by atoms with van der Waals surface area (Å²) in [6.45, 7) is 2.36. The summed E-state index contributed by atoms with van der Waals surface area (Å²) >= 11 is 0. The SMILES string of the molecule is O=CN1CCC(F)(CNCCOc2cccc3[nH]ccc23)CC1. The van der Waals surface area contributed by atoms with E-state index in [4.69, 9.17) is 4.74 Å². The van der Waals surface area contributed by atoms with Gasteiger partial charge in [0.05, 0.1) is 0 Å². The number of nitrogens with one attached hydrogen (secondary N) is 2. The number of benzene rings is 1. The van der Waals surface area contributed by atoms with Gasteiger partial charge in [-0.3, -0.25) is 4.79 Å². The Morgan fingerprint density at radius 2 is 2.17 bits per heavy atom. The van der Waals surface area contributed by atoms with Gasteiger partial charge in [0.25, 0.3) is 0 Å². The Labute approximate surface area is 134 Å². The minimum Gasteiger partial charge on any atom is -0.492 e. The van der Waals surface area contributed by atoms with Gasteiger partial charge in [0.1, 0.15) is 18.0 Å². The minimum absolute atomic E-state index is 0.303. The number of hydrogen-bond acceptors (Lipinski definition) is 3. The zero-order chi connectivity index (χ0) is 16.1. The molecule has 0 aliphatic carbocycles. The monoisotopic (exact) mass is 319 g/mol. The number of piperidine rings is 1. The fourth-order valence-electron chi connectivity index (χ4n) is 2.93. The second-order valence-corrected chi connectivity index (χ2v) is 6.01. The molecule has 0 unspecified atom stereocenters. The summed E-state index contributed by atoms with van der Waals surface area (Å²) in [4.78, 5) is 15.4. The number of hydrogen-bond donors (Lipinski definition) is 2. The van der Waals surface area contributed by atoms with E-state index in [0.29, 0.717) is 45.6 Å². The number of amides is 1. The molecular weight excluding hydrogens is 297 g/mol. The Kier molecular flexibility index (Phi) is 4.81. The highest BCUT2D eigenvalue weighted by Crippen LogP contribution is 2.25. The number of carbonyl (C=O) groups excluding carboxylic acids is 1. The Bertz CT molecular complexity index is 650. The van der Waals surface area contributed by atoms with Crippen LogP contribution in [0.15, 0.2) is 30.5 Å². The van der Waals surface area contributed by atoms with Crippen LogP contribution in [-0.2, 0) is 4.79 Å². The first kappa shape index (κ1) is 15.8. The number of aromatic nitrogens is 1. The van der Waals surface area contributed by atoms with Crippen molar-refractivity contribution in [2.45, 2.75) is 18.5 Å². The largest absolute Gasteiger partial charge is 0.492 e. The fourth-order valence-corrected chi connectivity index (χ4v) is 2.93. The van der Waals surface area contributed by atoms with Crippen LogP contribution in [-0.4, -0.2) is 54.7 Å². The van der Waals surface area contributed by atoms with E-state index in [1.807, 2.05) is 30.5 Å². The summed E-state index contributed by atoms with van der Waals surface area (Å²) in [5, 5.41) is 4.18. The first-order valence-electron chi connectivity index (χ1n) is 7.98. The molecule has 1 fully saturated rings. The van der Waals surface area contributed by atoms with Crippen LogP contribution in [0.5, 0.6) is 5.75 Å². The summed E-state index contributed by atoms with van der Waals surface area (Å²) in [6.07, 6.45) is 3.46. The number of H-pyrrole nitrogens is 1. The second kappa shape index (κ2) is 7.00. The Morgan fingerprint density at radius 3 is 2.96 bits per heavy atom. The first-order valence-corrected chi connectivity index (χ1v) is 7.98. The first-order chi connectivity index (χ1) is 11.2. The number of aromatic amines is 1. The third-order valence-electron chi connectivity index (χ3n) is 4.38. The molecule has 2 N–H and O–H groups in total. The molecule has 0 atom stereocenters. The summed E-state index contributed by atoms with van der Waals surface area (Å²) < 4.78 is 20.3. The lowest BCUT2D eigenvalue weighted by molar-refractivity contribution is -0.120. The highest BCUT2D eigenvalue weighted by Gasteiger charge is 2.33. The van der Waals surface area contributed by atoms with E-state index in [1.165, 1.54) is 0 Å². The van der Waals surface area contributed by atoms with E-state index >= 15 is 0 Å². The summed E-state index contributed by atoms with van der Waals surface area (Å²) in [5.74, 6) is 0.833. The van der Waals surface area contributed by atoms with Gasteiger partial charge in [-0.05, 0) is 18.2 Å². The predicted octanol–water partition coefficient (Wildman–Crippen LogP) is 2.10. The van der Waals surface area contributed by atoms with Crippen molar-refractivity contribution in [2.24, 2.45) is 0 Å². The van der Waals surface area contributed by atoms with Crippen LogP contribution in [0.1, 0.15) is 12.8 Å². The summed E-state index contributed by atoms with van der Waals surface area (Å²) in [6, 6.07) is 7.86. The molecule has 3 rings (SSSR count). The molecule has 0 radical (unpaired) electrons. The van der Waals surface area contributed by atoms with Crippen molar-refractivity contribution in [2.75, 3.05) is 32.8 Å². The summed E-state index contributed by atoms with van der Waals surface area (Å²) in [7, 11) is 0. The highest BCUT2D eigenvalue weighted by atomic mass is 19.1. The number of fused-ring (bicyclic) bond motifs is 1. The molecule has 6 heteroatoms. The molecule has 0 saturated carbocycles. The maximum absolute atomic E-state index is 14.5. The molecule has 124 valence electrons. The normalized spacial score (nSPS) is 17.3. The van der Waals surface area contributed by atoms with Gasteiger partial charge in [-0.15, -0.1) is 0 Å². The van der Waals surface area contributed by atoms with Gasteiger partial charge < -0.3 is 19.9 Å². The van der Waals surface area contributed by atoms with Gasteiger partial charge in [-0.2, -0.15) is 0 Å². The van der Waals surface area contributed by atoms with Crippen LogP contribution in [0.25, 0.3) is 10.9 Å². The van der Waals surface area contributed by atoms with Crippen LogP contribution in [0.3, 0.4) is 0 Å². The van der Waals surface area contributed by atoms with E-state index in [9.17, 15) is 9.18 Å². The van der Waals surface area contributed by atoms with Crippen LogP contribution < -0.4 is 10.1 Å². The number of alkyl halides is 1. The topological polar surface area (TPSA) is 57.4 Å².